The second-order valence-electron chi connectivity index (χ2n) is 3.80. The van der Waals surface area contributed by atoms with E-state index in [1.165, 1.54) is 0 Å². The predicted molar refractivity (Wildman–Crippen MR) is 59.9 cm³/mol. The van der Waals surface area contributed by atoms with Crippen molar-refractivity contribution in [2.24, 2.45) is 11.7 Å². The molecule has 4 nitrogen and oxygen atoms in total. The smallest absolute Gasteiger partial charge is 0.239 e. The fourth-order valence-corrected chi connectivity index (χ4v) is 1.42. The van der Waals surface area contributed by atoms with Gasteiger partial charge in [0.1, 0.15) is 0 Å². The normalized spacial score (nSPS) is 14.1. The summed E-state index contributed by atoms with van der Waals surface area (Å²) < 4.78 is 0. The highest BCUT2D eigenvalue weighted by Gasteiger charge is 2.20. The zero-order valence-electron chi connectivity index (χ0n) is 9.86. The van der Waals surface area contributed by atoms with Crippen molar-refractivity contribution in [3.8, 4) is 6.07 Å². The zero-order chi connectivity index (χ0) is 11.8. The van der Waals surface area contributed by atoms with Gasteiger partial charge in [-0.1, -0.05) is 13.3 Å². The Bertz CT molecular complexity index is 234. The Kier molecular flexibility index (Phi) is 6.72. The molecule has 0 heterocycles. The Balaban J connectivity index is 4.28. The van der Waals surface area contributed by atoms with Crippen LogP contribution in [0, 0.1) is 17.2 Å². The summed E-state index contributed by atoms with van der Waals surface area (Å²) in [5.74, 6) is -0.177. The molecule has 0 aliphatic carbocycles. The molecule has 4 heteroatoms. The van der Waals surface area contributed by atoms with Gasteiger partial charge >= 0.3 is 0 Å². The van der Waals surface area contributed by atoms with E-state index >= 15 is 0 Å². The average molecular weight is 211 g/mol. The Morgan fingerprint density at radius 1 is 1.53 bits per heavy atom. The number of carbonyl (C=O) groups is 1. The molecule has 0 spiro atoms. The van der Waals surface area contributed by atoms with Gasteiger partial charge in [-0.15, -0.1) is 0 Å². The lowest BCUT2D eigenvalue weighted by Crippen LogP contribution is -2.45. The van der Waals surface area contributed by atoms with Crippen molar-refractivity contribution in [1.82, 2.24) is 4.90 Å². The number of hydrogen-bond donors (Lipinski definition) is 1. The maximum absolute atomic E-state index is 11.8. The molecule has 15 heavy (non-hydrogen) atoms. The maximum atomic E-state index is 11.8. The highest BCUT2D eigenvalue weighted by atomic mass is 16.2. The monoisotopic (exact) mass is 211 g/mol. The van der Waals surface area contributed by atoms with Crippen LogP contribution in [0.5, 0.6) is 0 Å². The molecule has 2 N–H and O–H groups in total. The Morgan fingerprint density at radius 3 is 2.53 bits per heavy atom. The third-order valence-electron chi connectivity index (χ3n) is 2.32. The van der Waals surface area contributed by atoms with Crippen molar-refractivity contribution in [2.75, 3.05) is 13.1 Å². The minimum atomic E-state index is -0.416. The highest BCUT2D eigenvalue weighted by Crippen LogP contribution is 2.03. The molecule has 0 radical (unpaired) electrons. The lowest BCUT2D eigenvalue weighted by atomic mass is 10.1. The summed E-state index contributed by atoms with van der Waals surface area (Å²) in [5, 5.41) is 8.68. The number of rotatable bonds is 6. The molecule has 86 valence electrons. The molecule has 1 unspecified atom stereocenters. The molecule has 0 rings (SSSR count). The predicted octanol–water partition coefficient (Wildman–Crippen LogP) is 1.12. The van der Waals surface area contributed by atoms with E-state index in [1.54, 1.807) is 11.8 Å². The van der Waals surface area contributed by atoms with E-state index in [0.29, 0.717) is 19.5 Å². The zero-order valence-corrected chi connectivity index (χ0v) is 9.86. The molecule has 0 saturated carbocycles. The molecule has 0 saturated heterocycles. The number of likely N-dealkylation sites (N-methyl/N-ethyl adjacent to an activating group) is 1. The maximum Gasteiger partial charge on any atom is 0.239 e. The first-order chi connectivity index (χ1) is 7.06. The summed E-state index contributed by atoms with van der Waals surface area (Å²) >= 11 is 0. The summed E-state index contributed by atoms with van der Waals surface area (Å²) in [4.78, 5) is 13.5. The van der Waals surface area contributed by atoms with Gasteiger partial charge in [0, 0.05) is 13.1 Å². The third-order valence-corrected chi connectivity index (χ3v) is 2.32. The molecule has 0 aromatic heterocycles. The van der Waals surface area contributed by atoms with Gasteiger partial charge in [0.15, 0.2) is 0 Å². The van der Waals surface area contributed by atoms with Crippen molar-refractivity contribution < 1.29 is 4.79 Å². The van der Waals surface area contributed by atoms with Gasteiger partial charge in [-0.05, 0) is 20.3 Å². The van der Waals surface area contributed by atoms with Crippen molar-refractivity contribution in [3.05, 3.63) is 0 Å². The van der Waals surface area contributed by atoms with E-state index in [2.05, 4.69) is 6.07 Å². The quantitative estimate of drug-likeness (QED) is 0.715. The lowest BCUT2D eigenvalue weighted by molar-refractivity contribution is -0.132. The summed E-state index contributed by atoms with van der Waals surface area (Å²) in [5.41, 5.74) is 5.75. The average Bonchev–Trinajstić information content (AvgIpc) is 2.24. The number of carbonyl (C=O) groups excluding carboxylic acids is 1. The van der Waals surface area contributed by atoms with Crippen LogP contribution in [0.3, 0.4) is 0 Å². The SMILES string of the molecule is CCC[C@H](N)C(=O)N(CC)CC(C)C#N. The molecule has 2 atom stereocenters. The van der Waals surface area contributed by atoms with Crippen LogP contribution in [0.2, 0.25) is 0 Å². The number of nitrogens with zero attached hydrogens (tertiary/aromatic N) is 2. The Labute approximate surface area is 92.0 Å². The first-order valence-corrected chi connectivity index (χ1v) is 5.50. The molecule has 0 bridgehead atoms. The summed E-state index contributed by atoms with van der Waals surface area (Å²) in [6.45, 7) is 6.80. The molecule has 0 fully saturated rings. The number of nitriles is 1. The van der Waals surface area contributed by atoms with Crippen molar-refractivity contribution in [1.29, 1.82) is 5.26 Å². The largest absolute Gasteiger partial charge is 0.340 e. The summed E-state index contributed by atoms with van der Waals surface area (Å²) in [7, 11) is 0. The number of nitrogens with two attached hydrogens (primary N) is 1. The number of amides is 1. The van der Waals surface area contributed by atoms with Crippen LogP contribution in [0.1, 0.15) is 33.6 Å². The van der Waals surface area contributed by atoms with Gasteiger partial charge in [-0.3, -0.25) is 4.79 Å². The van der Waals surface area contributed by atoms with Gasteiger partial charge < -0.3 is 10.6 Å². The second kappa shape index (κ2) is 7.24. The fourth-order valence-electron chi connectivity index (χ4n) is 1.42. The fraction of sp³-hybridized carbons (Fsp3) is 0.818. The van der Waals surface area contributed by atoms with Gasteiger partial charge in [0.25, 0.3) is 0 Å². The molecule has 0 aliphatic rings. The van der Waals surface area contributed by atoms with Crippen LogP contribution in [-0.2, 0) is 4.79 Å². The minimum Gasteiger partial charge on any atom is -0.340 e. The topological polar surface area (TPSA) is 70.1 Å². The van der Waals surface area contributed by atoms with Crippen LogP contribution in [0.25, 0.3) is 0 Å². The van der Waals surface area contributed by atoms with E-state index in [9.17, 15) is 4.79 Å². The standard InChI is InChI=1S/C11H21N3O/c1-4-6-10(13)11(15)14(5-2)8-9(3)7-12/h9-10H,4-6,8,13H2,1-3H3/t9?,10-/m0/s1. The van der Waals surface area contributed by atoms with Crippen LogP contribution in [0.4, 0.5) is 0 Å². The van der Waals surface area contributed by atoms with E-state index in [-0.39, 0.29) is 11.8 Å². The van der Waals surface area contributed by atoms with Gasteiger partial charge in [0.2, 0.25) is 5.91 Å². The third kappa shape index (κ3) is 4.80. The molecular weight excluding hydrogens is 190 g/mol. The van der Waals surface area contributed by atoms with Gasteiger partial charge in [-0.25, -0.2) is 0 Å². The van der Waals surface area contributed by atoms with E-state index in [0.717, 1.165) is 6.42 Å². The molecule has 0 aliphatic heterocycles. The van der Waals surface area contributed by atoms with Gasteiger partial charge in [0.05, 0.1) is 18.0 Å². The Morgan fingerprint density at radius 2 is 2.13 bits per heavy atom. The molecule has 0 aromatic carbocycles. The minimum absolute atomic E-state index is 0.0403. The molecular formula is C11H21N3O. The summed E-state index contributed by atoms with van der Waals surface area (Å²) in [6.07, 6.45) is 1.61. The Hall–Kier alpha value is -1.08. The van der Waals surface area contributed by atoms with E-state index < -0.39 is 6.04 Å². The second-order valence-corrected chi connectivity index (χ2v) is 3.80. The van der Waals surface area contributed by atoms with E-state index in [4.69, 9.17) is 11.0 Å². The van der Waals surface area contributed by atoms with Crippen LogP contribution in [-0.4, -0.2) is 29.9 Å². The summed E-state index contributed by atoms with van der Waals surface area (Å²) in [6, 6.07) is 1.70. The first-order valence-electron chi connectivity index (χ1n) is 5.50. The van der Waals surface area contributed by atoms with Crippen molar-refractivity contribution in [3.63, 3.8) is 0 Å². The lowest BCUT2D eigenvalue weighted by Gasteiger charge is -2.25. The van der Waals surface area contributed by atoms with E-state index in [1.807, 2.05) is 13.8 Å². The van der Waals surface area contributed by atoms with Crippen LogP contribution in [0.15, 0.2) is 0 Å². The van der Waals surface area contributed by atoms with Crippen LogP contribution >= 0.6 is 0 Å². The van der Waals surface area contributed by atoms with Crippen molar-refractivity contribution in [2.45, 2.75) is 39.7 Å². The molecule has 1 amide bonds. The van der Waals surface area contributed by atoms with Crippen molar-refractivity contribution >= 4 is 5.91 Å². The van der Waals surface area contributed by atoms with Gasteiger partial charge in [-0.2, -0.15) is 5.26 Å². The van der Waals surface area contributed by atoms with Crippen LogP contribution < -0.4 is 5.73 Å². The molecule has 0 aromatic rings. The highest BCUT2D eigenvalue weighted by molar-refractivity contribution is 5.81. The first kappa shape index (κ1) is 13.9. The number of hydrogen-bond acceptors (Lipinski definition) is 3.